The van der Waals surface area contributed by atoms with Crippen LogP contribution in [-0.2, 0) is 4.74 Å². The molecule has 17 heavy (non-hydrogen) atoms. The Morgan fingerprint density at radius 2 is 1.76 bits per heavy atom. The first-order chi connectivity index (χ1) is 8.28. The van der Waals surface area contributed by atoms with Gasteiger partial charge < -0.3 is 10.5 Å². The summed E-state index contributed by atoms with van der Waals surface area (Å²) < 4.78 is 8.17. The SMILES string of the molecule is N=PN1CCC(OCC2CCC(N)CC2)CC1. The molecule has 1 saturated heterocycles. The molecule has 1 aliphatic heterocycles. The fourth-order valence-corrected chi connectivity index (χ4v) is 3.17. The lowest BCUT2D eigenvalue weighted by molar-refractivity contribution is -0.00424. The van der Waals surface area contributed by atoms with E-state index in [2.05, 4.69) is 4.67 Å². The molecule has 1 saturated carbocycles. The fourth-order valence-electron chi connectivity index (χ4n) is 2.74. The van der Waals surface area contributed by atoms with Crippen molar-refractivity contribution in [3.8, 4) is 0 Å². The van der Waals surface area contributed by atoms with E-state index in [1.807, 2.05) is 0 Å². The standard InChI is InChI=1S/C12H24N3OP/c13-11-3-1-10(2-4-11)9-16-12-5-7-15(17-14)8-6-12/h10-12,14H,1-9,13H2. The van der Waals surface area contributed by atoms with Crippen LogP contribution in [0.1, 0.15) is 38.5 Å². The Morgan fingerprint density at radius 1 is 1.12 bits per heavy atom. The molecule has 0 amide bonds. The van der Waals surface area contributed by atoms with Gasteiger partial charge in [-0.25, -0.2) is 4.67 Å². The monoisotopic (exact) mass is 257 g/mol. The molecule has 0 aromatic rings. The van der Waals surface area contributed by atoms with Crippen molar-refractivity contribution < 1.29 is 4.74 Å². The Hall–Kier alpha value is -0.0200. The van der Waals surface area contributed by atoms with Crippen molar-refractivity contribution in [1.29, 1.82) is 5.16 Å². The molecule has 1 aliphatic carbocycles. The van der Waals surface area contributed by atoms with E-state index in [1.165, 1.54) is 25.7 Å². The lowest BCUT2D eigenvalue weighted by Crippen LogP contribution is -2.33. The van der Waals surface area contributed by atoms with E-state index in [0.29, 0.717) is 20.7 Å². The third-order valence-corrected chi connectivity index (χ3v) is 4.70. The Bertz CT molecular complexity index is 236. The van der Waals surface area contributed by atoms with Crippen molar-refractivity contribution in [3.05, 3.63) is 0 Å². The van der Waals surface area contributed by atoms with Crippen molar-refractivity contribution >= 4 is 8.52 Å². The van der Waals surface area contributed by atoms with Gasteiger partial charge in [-0.15, -0.1) is 0 Å². The Balaban J connectivity index is 1.61. The summed E-state index contributed by atoms with van der Waals surface area (Å²) in [5.41, 5.74) is 5.90. The number of rotatable bonds is 4. The van der Waals surface area contributed by atoms with Crippen LogP contribution >= 0.6 is 8.52 Å². The molecule has 0 atom stereocenters. The molecule has 4 nitrogen and oxygen atoms in total. The Kier molecular flexibility index (Phi) is 5.36. The van der Waals surface area contributed by atoms with Gasteiger partial charge in [0, 0.05) is 25.7 Å². The molecule has 98 valence electrons. The molecule has 0 unspecified atom stereocenters. The first kappa shape index (κ1) is 13.4. The summed E-state index contributed by atoms with van der Waals surface area (Å²) >= 11 is 0. The van der Waals surface area contributed by atoms with E-state index < -0.39 is 0 Å². The maximum absolute atomic E-state index is 7.29. The summed E-state index contributed by atoms with van der Waals surface area (Å²) in [4.78, 5) is 0. The van der Waals surface area contributed by atoms with Gasteiger partial charge in [-0.05, 0) is 44.4 Å². The highest BCUT2D eigenvalue weighted by Gasteiger charge is 2.22. The van der Waals surface area contributed by atoms with E-state index in [4.69, 9.17) is 15.6 Å². The van der Waals surface area contributed by atoms with Gasteiger partial charge in [-0.3, -0.25) is 5.16 Å². The van der Waals surface area contributed by atoms with Gasteiger partial charge in [0.05, 0.1) is 14.6 Å². The second-order valence-electron chi connectivity index (χ2n) is 5.37. The van der Waals surface area contributed by atoms with Crippen LogP contribution in [0, 0.1) is 11.1 Å². The van der Waals surface area contributed by atoms with Gasteiger partial charge >= 0.3 is 0 Å². The first-order valence-electron chi connectivity index (χ1n) is 6.77. The van der Waals surface area contributed by atoms with Crippen molar-refractivity contribution in [2.75, 3.05) is 19.7 Å². The lowest BCUT2D eigenvalue weighted by Gasteiger charge is -2.31. The maximum atomic E-state index is 7.29. The summed E-state index contributed by atoms with van der Waals surface area (Å²) in [5.74, 6) is 0.738. The second-order valence-corrected chi connectivity index (χ2v) is 6.13. The molecule has 1 heterocycles. The van der Waals surface area contributed by atoms with Crippen LogP contribution in [-0.4, -0.2) is 36.5 Å². The minimum Gasteiger partial charge on any atom is -0.378 e. The van der Waals surface area contributed by atoms with Crippen LogP contribution in [0.25, 0.3) is 0 Å². The Labute approximate surface area is 106 Å². The number of ether oxygens (including phenoxy) is 1. The zero-order valence-corrected chi connectivity index (χ0v) is 11.4. The van der Waals surface area contributed by atoms with Crippen molar-refractivity contribution in [2.45, 2.75) is 50.7 Å². The van der Waals surface area contributed by atoms with Crippen molar-refractivity contribution in [3.63, 3.8) is 0 Å². The summed E-state index contributed by atoms with van der Waals surface area (Å²) in [6.07, 6.45) is 7.45. The normalized spacial score (nSPS) is 33.0. The first-order valence-corrected chi connectivity index (χ1v) is 7.62. The third-order valence-electron chi connectivity index (χ3n) is 4.02. The zero-order chi connectivity index (χ0) is 12.1. The smallest absolute Gasteiger partial charge is 0.0903 e. The number of nitrogens with two attached hydrogens (primary N) is 1. The minimum atomic E-state index is 0.434. The molecule has 0 aromatic heterocycles. The highest BCUT2D eigenvalue weighted by Crippen LogP contribution is 2.25. The lowest BCUT2D eigenvalue weighted by atomic mass is 9.87. The highest BCUT2D eigenvalue weighted by atomic mass is 31.1. The van der Waals surface area contributed by atoms with Gasteiger partial charge in [0.15, 0.2) is 0 Å². The molecule has 0 spiro atoms. The van der Waals surface area contributed by atoms with E-state index in [1.54, 1.807) is 0 Å². The van der Waals surface area contributed by atoms with Gasteiger partial charge in [0.1, 0.15) is 0 Å². The number of piperidine rings is 1. The number of hydrogen-bond acceptors (Lipinski definition) is 3. The molecule has 2 fully saturated rings. The maximum Gasteiger partial charge on any atom is 0.0903 e. The summed E-state index contributed by atoms with van der Waals surface area (Å²) in [5, 5.41) is 7.29. The molecular formula is C12H24N3OP. The molecule has 0 aromatic carbocycles. The van der Waals surface area contributed by atoms with Crippen molar-refractivity contribution in [1.82, 2.24) is 4.67 Å². The van der Waals surface area contributed by atoms with Crippen LogP contribution in [0.5, 0.6) is 0 Å². The highest BCUT2D eigenvalue weighted by molar-refractivity contribution is 7.22. The van der Waals surface area contributed by atoms with Gasteiger partial charge in [-0.1, -0.05) is 0 Å². The van der Waals surface area contributed by atoms with Crippen LogP contribution < -0.4 is 5.73 Å². The second kappa shape index (κ2) is 6.79. The predicted octanol–water partition coefficient (Wildman–Crippen LogP) is 2.61. The average Bonchev–Trinajstić information content (AvgIpc) is 2.39. The molecule has 0 radical (unpaired) electrons. The topological polar surface area (TPSA) is 62.3 Å². The van der Waals surface area contributed by atoms with E-state index in [-0.39, 0.29) is 0 Å². The molecule has 3 N–H and O–H groups in total. The fraction of sp³-hybridized carbons (Fsp3) is 1.00. The molecular weight excluding hydrogens is 233 g/mol. The quantitative estimate of drug-likeness (QED) is 0.761. The third kappa shape index (κ3) is 4.29. The minimum absolute atomic E-state index is 0.434. The summed E-state index contributed by atoms with van der Waals surface area (Å²) in [6, 6.07) is 0.436. The number of hydrogen-bond donors (Lipinski definition) is 2. The van der Waals surface area contributed by atoms with E-state index in [0.717, 1.165) is 38.5 Å². The summed E-state index contributed by atoms with van der Waals surface area (Å²) in [6.45, 7) is 2.96. The van der Waals surface area contributed by atoms with Gasteiger partial charge in [0.2, 0.25) is 0 Å². The number of nitrogens with one attached hydrogen (secondary N) is 1. The predicted molar refractivity (Wildman–Crippen MR) is 70.1 cm³/mol. The number of nitrogens with zero attached hydrogens (tertiary/aromatic N) is 1. The Morgan fingerprint density at radius 3 is 2.35 bits per heavy atom. The van der Waals surface area contributed by atoms with Crippen LogP contribution in [0.3, 0.4) is 0 Å². The molecule has 0 bridgehead atoms. The van der Waals surface area contributed by atoms with E-state index >= 15 is 0 Å². The van der Waals surface area contributed by atoms with Crippen LogP contribution in [0.2, 0.25) is 0 Å². The van der Waals surface area contributed by atoms with Crippen LogP contribution in [0.15, 0.2) is 0 Å². The van der Waals surface area contributed by atoms with Gasteiger partial charge in [-0.2, -0.15) is 0 Å². The summed E-state index contributed by atoms with van der Waals surface area (Å²) in [7, 11) is 0.661. The molecule has 2 rings (SSSR count). The average molecular weight is 257 g/mol. The van der Waals surface area contributed by atoms with Crippen LogP contribution in [0.4, 0.5) is 0 Å². The van der Waals surface area contributed by atoms with Gasteiger partial charge in [0.25, 0.3) is 0 Å². The zero-order valence-electron chi connectivity index (χ0n) is 10.5. The largest absolute Gasteiger partial charge is 0.378 e. The van der Waals surface area contributed by atoms with Crippen molar-refractivity contribution in [2.24, 2.45) is 11.7 Å². The molecule has 5 heteroatoms. The molecule has 2 aliphatic rings. The van der Waals surface area contributed by atoms with E-state index in [9.17, 15) is 0 Å².